The van der Waals surface area contributed by atoms with Crippen molar-refractivity contribution in [2.75, 3.05) is 12.9 Å². The first-order valence-corrected chi connectivity index (χ1v) is 10.5. The summed E-state index contributed by atoms with van der Waals surface area (Å²) in [6, 6.07) is 18.5. The van der Waals surface area contributed by atoms with Gasteiger partial charge >= 0.3 is 0 Å². The summed E-state index contributed by atoms with van der Waals surface area (Å²) in [5.74, 6) is 1.43. The minimum atomic E-state index is 0.177. The second-order valence-electron chi connectivity index (χ2n) is 7.18. The number of carbonyl (C=O) groups excluding carboxylic acids is 1. The third kappa shape index (κ3) is 4.30. The fourth-order valence-electron chi connectivity index (χ4n) is 3.35. The van der Waals surface area contributed by atoms with Crippen LogP contribution in [0.25, 0.3) is 10.9 Å². The number of aromatic nitrogens is 1. The van der Waals surface area contributed by atoms with E-state index in [1.54, 1.807) is 7.11 Å². The highest BCUT2D eigenvalue weighted by Gasteiger charge is 2.32. The normalized spacial score (nSPS) is 13.5. The maximum atomic E-state index is 12.9. The molecule has 1 aliphatic carbocycles. The van der Waals surface area contributed by atoms with Gasteiger partial charge in [0.25, 0.3) is 0 Å². The zero-order valence-corrected chi connectivity index (χ0v) is 17.0. The highest BCUT2D eigenvalue weighted by molar-refractivity contribution is 7.99. The number of amides is 1. The van der Waals surface area contributed by atoms with Gasteiger partial charge < -0.3 is 9.64 Å². The molecule has 0 radical (unpaired) electrons. The zero-order chi connectivity index (χ0) is 19.5. The first-order chi connectivity index (χ1) is 13.6. The molecule has 3 aromatic rings. The molecular weight excluding hydrogens is 368 g/mol. The number of carbonyl (C=O) groups is 1. The molecule has 0 N–H and O–H groups in total. The maximum Gasteiger partial charge on any atom is 0.233 e. The van der Waals surface area contributed by atoms with Crippen LogP contribution in [0.3, 0.4) is 0 Å². The Hall–Kier alpha value is -2.53. The fraction of sp³-hybridized carbons (Fsp3) is 0.304. The van der Waals surface area contributed by atoms with Crippen LogP contribution >= 0.6 is 11.8 Å². The van der Waals surface area contributed by atoms with Gasteiger partial charge in [0, 0.05) is 18.0 Å². The minimum Gasteiger partial charge on any atom is -0.497 e. The molecule has 1 aromatic heterocycles. The minimum absolute atomic E-state index is 0.177. The van der Waals surface area contributed by atoms with E-state index in [2.05, 4.69) is 19.1 Å². The molecule has 0 atom stereocenters. The third-order valence-electron chi connectivity index (χ3n) is 5.06. The van der Waals surface area contributed by atoms with E-state index in [0.717, 1.165) is 40.1 Å². The monoisotopic (exact) mass is 392 g/mol. The molecule has 0 spiro atoms. The van der Waals surface area contributed by atoms with E-state index in [4.69, 9.17) is 9.72 Å². The molecule has 1 aliphatic rings. The quantitative estimate of drug-likeness (QED) is 0.540. The standard InChI is InChI=1S/C23H24N2O2S/c1-16-13-22(24-21-6-4-3-5-20(16)21)28-15-23(26)25(18-9-10-18)14-17-7-11-19(27-2)12-8-17/h3-8,11-13,18H,9-10,14-15H2,1-2H3. The average molecular weight is 393 g/mol. The molecule has 5 heteroatoms. The summed E-state index contributed by atoms with van der Waals surface area (Å²) in [5.41, 5.74) is 3.30. The molecule has 1 heterocycles. The molecule has 4 rings (SSSR count). The van der Waals surface area contributed by atoms with Crippen LogP contribution in [0, 0.1) is 6.92 Å². The predicted octanol–water partition coefficient (Wildman–Crippen LogP) is 4.84. The lowest BCUT2D eigenvalue weighted by Crippen LogP contribution is -2.33. The van der Waals surface area contributed by atoms with Gasteiger partial charge in [0.05, 0.1) is 23.4 Å². The summed E-state index contributed by atoms with van der Waals surface area (Å²) >= 11 is 1.53. The number of methoxy groups -OCH3 is 1. The van der Waals surface area contributed by atoms with Crippen LogP contribution in [0.15, 0.2) is 59.6 Å². The molecule has 1 saturated carbocycles. The van der Waals surface area contributed by atoms with Crippen molar-refractivity contribution in [1.82, 2.24) is 9.88 Å². The lowest BCUT2D eigenvalue weighted by molar-refractivity contribution is -0.129. The molecule has 0 bridgehead atoms. The van der Waals surface area contributed by atoms with Crippen molar-refractivity contribution in [3.8, 4) is 5.75 Å². The number of benzene rings is 2. The Kier molecular flexibility index (Phi) is 5.53. The fourth-order valence-corrected chi connectivity index (χ4v) is 4.21. The van der Waals surface area contributed by atoms with Gasteiger partial charge in [0.15, 0.2) is 0 Å². The lowest BCUT2D eigenvalue weighted by Gasteiger charge is -2.22. The van der Waals surface area contributed by atoms with Gasteiger partial charge in [-0.3, -0.25) is 4.79 Å². The highest BCUT2D eigenvalue weighted by atomic mass is 32.2. The summed E-state index contributed by atoms with van der Waals surface area (Å²) in [7, 11) is 1.66. The highest BCUT2D eigenvalue weighted by Crippen LogP contribution is 2.30. The van der Waals surface area contributed by atoms with E-state index >= 15 is 0 Å². The molecule has 0 aliphatic heterocycles. The molecule has 1 fully saturated rings. The van der Waals surface area contributed by atoms with Crippen LogP contribution in [0.1, 0.15) is 24.0 Å². The first-order valence-electron chi connectivity index (χ1n) is 9.55. The van der Waals surface area contributed by atoms with Crippen molar-refractivity contribution in [2.45, 2.75) is 37.4 Å². The third-order valence-corrected chi connectivity index (χ3v) is 5.96. The van der Waals surface area contributed by atoms with Gasteiger partial charge in [0.2, 0.25) is 5.91 Å². The van der Waals surface area contributed by atoms with Crippen molar-refractivity contribution >= 4 is 28.6 Å². The Morgan fingerprint density at radius 1 is 1.18 bits per heavy atom. The summed E-state index contributed by atoms with van der Waals surface area (Å²) in [4.78, 5) is 19.7. The van der Waals surface area contributed by atoms with E-state index < -0.39 is 0 Å². The van der Waals surface area contributed by atoms with Crippen LogP contribution in [-0.2, 0) is 11.3 Å². The van der Waals surface area contributed by atoms with Crippen molar-refractivity contribution in [3.63, 3.8) is 0 Å². The number of thioether (sulfide) groups is 1. The van der Waals surface area contributed by atoms with Crippen LogP contribution < -0.4 is 4.74 Å². The molecule has 28 heavy (non-hydrogen) atoms. The van der Waals surface area contributed by atoms with Crippen LogP contribution in [0.4, 0.5) is 0 Å². The molecule has 1 amide bonds. The van der Waals surface area contributed by atoms with Gasteiger partial charge in [0.1, 0.15) is 5.75 Å². The van der Waals surface area contributed by atoms with E-state index in [1.165, 1.54) is 17.3 Å². The molecule has 0 unspecified atom stereocenters. The van der Waals surface area contributed by atoms with E-state index in [9.17, 15) is 4.79 Å². The predicted molar refractivity (Wildman–Crippen MR) is 114 cm³/mol. The smallest absolute Gasteiger partial charge is 0.233 e. The van der Waals surface area contributed by atoms with Gasteiger partial charge in [-0.2, -0.15) is 0 Å². The number of para-hydroxylation sites is 1. The number of nitrogens with zero attached hydrogens (tertiary/aromatic N) is 2. The number of hydrogen-bond donors (Lipinski definition) is 0. The lowest BCUT2D eigenvalue weighted by atomic mass is 10.1. The van der Waals surface area contributed by atoms with Crippen LogP contribution in [0.2, 0.25) is 0 Å². The Morgan fingerprint density at radius 2 is 1.93 bits per heavy atom. The number of hydrogen-bond acceptors (Lipinski definition) is 4. The summed E-state index contributed by atoms with van der Waals surface area (Å²) in [6.45, 7) is 2.74. The Labute approximate surface area is 169 Å². The molecule has 0 saturated heterocycles. The van der Waals surface area contributed by atoms with E-state index in [0.29, 0.717) is 18.3 Å². The van der Waals surface area contributed by atoms with Crippen LogP contribution in [-0.4, -0.2) is 34.7 Å². The van der Waals surface area contributed by atoms with Crippen LogP contribution in [0.5, 0.6) is 5.75 Å². The SMILES string of the molecule is COc1ccc(CN(C(=O)CSc2cc(C)c3ccccc3n2)C2CC2)cc1. The second kappa shape index (κ2) is 8.23. The second-order valence-corrected chi connectivity index (χ2v) is 8.18. The number of ether oxygens (including phenoxy) is 1. The van der Waals surface area contributed by atoms with Gasteiger partial charge in [-0.15, -0.1) is 0 Å². The molecule has 2 aromatic carbocycles. The zero-order valence-electron chi connectivity index (χ0n) is 16.2. The van der Waals surface area contributed by atoms with Gasteiger partial charge in [-0.05, 0) is 55.2 Å². The summed E-state index contributed by atoms with van der Waals surface area (Å²) < 4.78 is 5.22. The Bertz CT molecular complexity index is 984. The van der Waals surface area contributed by atoms with Gasteiger partial charge in [-0.25, -0.2) is 4.98 Å². The topological polar surface area (TPSA) is 42.4 Å². The number of pyridine rings is 1. The molecule has 144 valence electrons. The van der Waals surface area contributed by atoms with Crippen molar-refractivity contribution in [3.05, 3.63) is 65.7 Å². The maximum absolute atomic E-state index is 12.9. The van der Waals surface area contributed by atoms with Crippen molar-refractivity contribution < 1.29 is 9.53 Å². The van der Waals surface area contributed by atoms with Crippen molar-refractivity contribution in [2.24, 2.45) is 0 Å². The molecular formula is C23H24N2O2S. The van der Waals surface area contributed by atoms with Crippen molar-refractivity contribution in [1.29, 1.82) is 0 Å². The number of rotatable bonds is 7. The summed E-state index contributed by atoms with van der Waals surface area (Å²) in [6.07, 6.45) is 2.19. The number of aryl methyl sites for hydroxylation is 1. The van der Waals surface area contributed by atoms with Gasteiger partial charge in [-0.1, -0.05) is 42.1 Å². The van der Waals surface area contributed by atoms with E-state index in [1.807, 2.05) is 47.4 Å². The number of fused-ring (bicyclic) bond motifs is 1. The largest absolute Gasteiger partial charge is 0.497 e. The molecule has 4 nitrogen and oxygen atoms in total. The first kappa shape index (κ1) is 18.8. The summed E-state index contributed by atoms with van der Waals surface area (Å²) in [5, 5.41) is 2.07. The average Bonchev–Trinajstić information content (AvgIpc) is 3.56. The Balaban J connectivity index is 1.43. The Morgan fingerprint density at radius 3 is 2.64 bits per heavy atom. The van der Waals surface area contributed by atoms with E-state index in [-0.39, 0.29) is 5.91 Å².